The smallest absolute Gasteiger partial charge is 0.418 e. The lowest BCUT2D eigenvalue weighted by Crippen LogP contribution is -2.60. The average molecular weight is 346 g/mol. The Balaban J connectivity index is 2.20. The molecule has 7 heteroatoms. The molecular weight excluding hydrogens is 325 g/mol. The van der Waals surface area contributed by atoms with E-state index in [1.54, 1.807) is 0 Å². The third-order valence-electron chi connectivity index (χ3n) is 3.70. The summed E-state index contributed by atoms with van der Waals surface area (Å²) in [6.45, 7) is 3.91. The van der Waals surface area contributed by atoms with Gasteiger partial charge in [0.2, 0.25) is 0 Å². The first kappa shape index (κ1) is 18.7. The lowest BCUT2D eigenvalue weighted by molar-refractivity contribution is -0.383. The van der Waals surface area contributed by atoms with Gasteiger partial charge in [-0.2, -0.15) is 13.2 Å². The van der Waals surface area contributed by atoms with Crippen molar-refractivity contribution in [1.82, 2.24) is 0 Å². The highest BCUT2D eigenvalue weighted by Crippen LogP contribution is 2.38. The Hall–Kier alpha value is -1.60. The molecule has 4 nitrogen and oxygen atoms in total. The third kappa shape index (κ3) is 4.95. The van der Waals surface area contributed by atoms with Crippen LogP contribution in [0.15, 0.2) is 30.3 Å². The van der Waals surface area contributed by atoms with Gasteiger partial charge in [0, 0.05) is 6.92 Å². The molecule has 0 saturated carbocycles. The molecule has 134 valence electrons. The van der Waals surface area contributed by atoms with Crippen molar-refractivity contribution in [2.75, 3.05) is 0 Å². The molecule has 3 atom stereocenters. The summed E-state index contributed by atoms with van der Waals surface area (Å²) >= 11 is 0. The average Bonchev–Trinajstić information content (AvgIpc) is 2.46. The normalized spacial score (nSPS) is 26.8. The van der Waals surface area contributed by atoms with Gasteiger partial charge in [0.05, 0.1) is 0 Å². The highest BCUT2D eigenvalue weighted by molar-refractivity contribution is 5.66. The van der Waals surface area contributed by atoms with E-state index in [2.05, 4.69) is 0 Å². The minimum Gasteiger partial charge on any atom is -0.457 e. The number of rotatable bonds is 4. The van der Waals surface area contributed by atoms with Crippen molar-refractivity contribution in [1.29, 1.82) is 0 Å². The van der Waals surface area contributed by atoms with E-state index in [1.165, 1.54) is 13.8 Å². The van der Waals surface area contributed by atoms with Gasteiger partial charge in [-0.25, -0.2) is 0 Å². The van der Waals surface area contributed by atoms with Crippen molar-refractivity contribution in [3.05, 3.63) is 35.9 Å². The second-order valence-electron chi connectivity index (χ2n) is 6.23. The molecule has 24 heavy (non-hydrogen) atoms. The van der Waals surface area contributed by atoms with Gasteiger partial charge in [-0.3, -0.25) is 4.79 Å². The summed E-state index contributed by atoms with van der Waals surface area (Å²) in [5, 5.41) is 0. The van der Waals surface area contributed by atoms with Crippen molar-refractivity contribution < 1.29 is 32.2 Å². The predicted octanol–water partition coefficient (Wildman–Crippen LogP) is 3.63. The number of carbonyl (C=O) groups is 1. The van der Waals surface area contributed by atoms with Crippen LogP contribution in [0.3, 0.4) is 0 Å². The molecule has 1 saturated heterocycles. The van der Waals surface area contributed by atoms with Crippen LogP contribution in [0.1, 0.15) is 32.8 Å². The van der Waals surface area contributed by atoms with Gasteiger partial charge in [-0.05, 0) is 32.3 Å². The van der Waals surface area contributed by atoms with Gasteiger partial charge in [0.15, 0.2) is 18.0 Å². The van der Waals surface area contributed by atoms with Gasteiger partial charge < -0.3 is 14.2 Å². The topological polar surface area (TPSA) is 44.8 Å². The largest absolute Gasteiger partial charge is 0.457 e. The van der Waals surface area contributed by atoms with Crippen LogP contribution >= 0.6 is 0 Å². The maximum absolute atomic E-state index is 13.3. The Morgan fingerprint density at radius 1 is 1.21 bits per heavy atom. The van der Waals surface area contributed by atoms with Crippen LogP contribution in [0.2, 0.25) is 0 Å². The zero-order chi connectivity index (χ0) is 18.0. The molecule has 0 aromatic heterocycles. The molecule has 1 aliphatic rings. The van der Waals surface area contributed by atoms with Crippen LogP contribution in [0, 0.1) is 0 Å². The molecule has 0 unspecified atom stereocenters. The van der Waals surface area contributed by atoms with Crippen molar-refractivity contribution in [3.8, 4) is 0 Å². The number of hydrogen-bond donors (Lipinski definition) is 0. The van der Waals surface area contributed by atoms with Crippen molar-refractivity contribution >= 4 is 5.97 Å². The van der Waals surface area contributed by atoms with Gasteiger partial charge >= 0.3 is 12.1 Å². The molecule has 0 spiro atoms. The molecular formula is C17H21F3O4. The molecule has 0 bridgehead atoms. The van der Waals surface area contributed by atoms with E-state index >= 15 is 0 Å². The summed E-state index contributed by atoms with van der Waals surface area (Å²) in [5.41, 5.74) is 0.968. The summed E-state index contributed by atoms with van der Waals surface area (Å²) < 4.78 is 55.6. The second-order valence-corrected chi connectivity index (χ2v) is 6.23. The van der Waals surface area contributed by atoms with Crippen LogP contribution < -0.4 is 0 Å². The van der Waals surface area contributed by atoms with E-state index in [-0.39, 0.29) is 6.42 Å². The summed E-state index contributed by atoms with van der Waals surface area (Å²) in [7, 11) is 0. The monoisotopic (exact) mass is 346 g/mol. The van der Waals surface area contributed by atoms with Crippen LogP contribution in [0.5, 0.6) is 0 Å². The Morgan fingerprint density at radius 3 is 2.38 bits per heavy atom. The predicted molar refractivity (Wildman–Crippen MR) is 80.2 cm³/mol. The van der Waals surface area contributed by atoms with Gasteiger partial charge in [-0.15, -0.1) is 0 Å². The first-order chi connectivity index (χ1) is 11.1. The number of benzene rings is 1. The van der Waals surface area contributed by atoms with Crippen molar-refractivity contribution in [2.45, 2.75) is 63.9 Å². The molecule has 2 rings (SSSR count). The fraction of sp³-hybridized carbons (Fsp3) is 0.588. The summed E-state index contributed by atoms with van der Waals surface area (Å²) in [6, 6.07) is 9.33. The molecule has 0 N–H and O–H groups in total. The van der Waals surface area contributed by atoms with Gasteiger partial charge in [-0.1, -0.05) is 30.3 Å². The zero-order valence-electron chi connectivity index (χ0n) is 13.8. The van der Waals surface area contributed by atoms with Crippen molar-refractivity contribution in [3.63, 3.8) is 0 Å². The Bertz CT molecular complexity index is 557. The second kappa shape index (κ2) is 7.11. The maximum Gasteiger partial charge on any atom is 0.418 e. The molecule has 1 heterocycles. The van der Waals surface area contributed by atoms with E-state index in [4.69, 9.17) is 14.2 Å². The fourth-order valence-corrected chi connectivity index (χ4v) is 2.79. The Labute approximate surface area is 138 Å². The highest BCUT2D eigenvalue weighted by atomic mass is 19.4. The SMILES string of the molecule is CC(=O)O[C@H]1[C@H](CCc2ccccc2)OC(C)(C)O[C@H]1C(F)(F)F. The molecule has 0 radical (unpaired) electrons. The number of hydrogen-bond acceptors (Lipinski definition) is 4. The zero-order valence-corrected chi connectivity index (χ0v) is 13.8. The Kier molecular flexibility index (Phi) is 5.55. The first-order valence-electron chi connectivity index (χ1n) is 7.72. The lowest BCUT2D eigenvalue weighted by Gasteiger charge is -2.45. The summed E-state index contributed by atoms with van der Waals surface area (Å²) in [6.07, 6.45) is -8.54. The van der Waals surface area contributed by atoms with Crippen molar-refractivity contribution in [2.24, 2.45) is 0 Å². The number of aryl methyl sites for hydroxylation is 1. The molecule has 0 amide bonds. The maximum atomic E-state index is 13.3. The molecule has 1 aromatic rings. The minimum absolute atomic E-state index is 0.279. The van der Waals surface area contributed by atoms with E-state index in [9.17, 15) is 18.0 Å². The highest BCUT2D eigenvalue weighted by Gasteiger charge is 2.56. The molecule has 1 fully saturated rings. The van der Waals surface area contributed by atoms with E-state index in [0.717, 1.165) is 12.5 Å². The number of carbonyl (C=O) groups excluding carboxylic acids is 1. The first-order valence-corrected chi connectivity index (χ1v) is 7.72. The summed E-state index contributed by atoms with van der Waals surface area (Å²) in [4.78, 5) is 11.3. The molecule has 1 aliphatic heterocycles. The number of esters is 1. The van der Waals surface area contributed by atoms with Crippen LogP contribution in [-0.4, -0.2) is 36.2 Å². The van der Waals surface area contributed by atoms with Crippen LogP contribution in [0.4, 0.5) is 13.2 Å². The molecule has 0 aliphatic carbocycles. The van der Waals surface area contributed by atoms with E-state index in [1.807, 2.05) is 30.3 Å². The standard InChI is InChI=1S/C17H21F3O4/c1-11(21)22-14-13(10-9-12-7-5-4-6-8-12)23-16(2,3)24-15(14)17(18,19)20/h4-8,13-15H,9-10H2,1-3H3/t13-,14-,15+/m0/s1. The lowest BCUT2D eigenvalue weighted by atomic mass is 9.97. The van der Waals surface area contributed by atoms with Crippen LogP contribution in [-0.2, 0) is 25.4 Å². The van der Waals surface area contributed by atoms with E-state index < -0.39 is 36.2 Å². The summed E-state index contributed by atoms with van der Waals surface area (Å²) in [5.74, 6) is -2.22. The number of halogens is 3. The van der Waals surface area contributed by atoms with Gasteiger partial charge in [0.1, 0.15) is 6.10 Å². The fourth-order valence-electron chi connectivity index (χ4n) is 2.79. The Morgan fingerprint density at radius 2 is 1.83 bits per heavy atom. The third-order valence-corrected chi connectivity index (χ3v) is 3.70. The quantitative estimate of drug-likeness (QED) is 0.781. The van der Waals surface area contributed by atoms with Gasteiger partial charge in [0.25, 0.3) is 0 Å². The van der Waals surface area contributed by atoms with E-state index in [0.29, 0.717) is 6.42 Å². The van der Waals surface area contributed by atoms with Crippen LogP contribution in [0.25, 0.3) is 0 Å². The minimum atomic E-state index is -4.66. The number of ether oxygens (including phenoxy) is 3. The number of alkyl halides is 3. The molecule has 1 aromatic carbocycles.